The lowest BCUT2D eigenvalue weighted by atomic mass is 10.0. The zero-order chi connectivity index (χ0) is 14.8. The molecule has 0 aliphatic heterocycles. The van der Waals surface area contributed by atoms with Crippen LogP contribution in [0.3, 0.4) is 0 Å². The van der Waals surface area contributed by atoms with Crippen molar-refractivity contribution in [3.63, 3.8) is 0 Å². The summed E-state index contributed by atoms with van der Waals surface area (Å²) in [6.45, 7) is 4.80. The average Bonchev–Trinajstić information content (AvgIpc) is 2.26. The number of halogens is 3. The summed E-state index contributed by atoms with van der Waals surface area (Å²) in [7, 11) is 0. The summed E-state index contributed by atoms with van der Waals surface area (Å²) < 4.78 is 37.2. The minimum atomic E-state index is -4.36. The molecule has 3 nitrogen and oxygen atoms in total. The van der Waals surface area contributed by atoms with Crippen LogP contribution in [0.5, 0.6) is 0 Å². The number of carbonyl (C=O) groups is 1. The molecule has 1 unspecified atom stereocenters. The molecule has 1 atom stereocenters. The van der Waals surface area contributed by atoms with E-state index in [9.17, 15) is 18.0 Å². The number of nitrogens with one attached hydrogen (secondary N) is 1. The fraction of sp³-hybridized carbons (Fsp3) is 0.462. The predicted molar refractivity (Wildman–Crippen MR) is 66.3 cm³/mol. The van der Waals surface area contributed by atoms with Gasteiger partial charge < -0.3 is 11.1 Å². The van der Waals surface area contributed by atoms with Gasteiger partial charge in [0.2, 0.25) is 5.91 Å². The van der Waals surface area contributed by atoms with Crippen LogP contribution in [0.25, 0.3) is 0 Å². The molecule has 0 heterocycles. The van der Waals surface area contributed by atoms with Gasteiger partial charge in [0.15, 0.2) is 0 Å². The highest BCUT2D eigenvalue weighted by atomic mass is 19.4. The molecule has 0 aliphatic carbocycles. The van der Waals surface area contributed by atoms with E-state index in [0.717, 1.165) is 12.1 Å². The van der Waals surface area contributed by atoms with Crippen molar-refractivity contribution >= 4 is 5.91 Å². The molecule has 0 bridgehead atoms. The van der Waals surface area contributed by atoms with Gasteiger partial charge in [0.1, 0.15) is 0 Å². The average molecular weight is 274 g/mol. The van der Waals surface area contributed by atoms with E-state index in [2.05, 4.69) is 5.32 Å². The molecule has 1 amide bonds. The zero-order valence-electron chi connectivity index (χ0n) is 11.0. The van der Waals surface area contributed by atoms with Crippen LogP contribution in [-0.2, 0) is 11.0 Å². The molecule has 0 saturated carbocycles. The van der Waals surface area contributed by atoms with Crippen molar-refractivity contribution < 1.29 is 18.0 Å². The number of nitrogens with two attached hydrogens (primary N) is 1. The lowest BCUT2D eigenvalue weighted by Gasteiger charge is -2.22. The monoisotopic (exact) mass is 274 g/mol. The molecule has 1 rings (SSSR count). The van der Waals surface area contributed by atoms with Crippen molar-refractivity contribution in [3.05, 3.63) is 35.4 Å². The highest BCUT2D eigenvalue weighted by Crippen LogP contribution is 2.29. The van der Waals surface area contributed by atoms with Crippen molar-refractivity contribution in [1.29, 1.82) is 0 Å². The topological polar surface area (TPSA) is 55.1 Å². The molecule has 1 aromatic carbocycles. The van der Waals surface area contributed by atoms with Gasteiger partial charge in [-0.15, -0.1) is 0 Å². The Morgan fingerprint density at radius 1 is 1.21 bits per heavy atom. The van der Waals surface area contributed by atoms with Gasteiger partial charge in [-0.25, -0.2) is 0 Å². The van der Waals surface area contributed by atoms with E-state index in [1.54, 1.807) is 20.8 Å². The summed E-state index contributed by atoms with van der Waals surface area (Å²) in [5, 5.41) is 2.65. The lowest BCUT2D eigenvalue weighted by Crippen LogP contribution is -2.49. The van der Waals surface area contributed by atoms with Crippen molar-refractivity contribution in [2.24, 2.45) is 5.73 Å². The van der Waals surface area contributed by atoms with Crippen LogP contribution in [0.15, 0.2) is 24.3 Å². The molecule has 0 saturated heterocycles. The number of hydrogen-bond acceptors (Lipinski definition) is 2. The number of carbonyl (C=O) groups excluding carboxylic acids is 1. The number of rotatable bonds is 3. The van der Waals surface area contributed by atoms with Crippen LogP contribution in [-0.4, -0.2) is 11.4 Å². The molecular weight excluding hydrogens is 257 g/mol. The third kappa shape index (κ3) is 4.24. The van der Waals surface area contributed by atoms with Crippen molar-refractivity contribution in [3.8, 4) is 0 Å². The summed E-state index contributed by atoms with van der Waals surface area (Å²) in [5.41, 5.74) is 4.47. The van der Waals surface area contributed by atoms with E-state index < -0.39 is 23.3 Å². The standard InChI is InChI=1S/C13H17F3N2O/c1-8(18-11(19)12(2,3)17)9-4-6-10(7-5-9)13(14,15)16/h4-8H,17H2,1-3H3,(H,18,19). The van der Waals surface area contributed by atoms with E-state index in [-0.39, 0.29) is 5.91 Å². The summed E-state index contributed by atoms with van der Waals surface area (Å²) >= 11 is 0. The molecule has 106 valence electrons. The van der Waals surface area contributed by atoms with E-state index in [0.29, 0.717) is 5.56 Å². The molecule has 3 N–H and O–H groups in total. The van der Waals surface area contributed by atoms with Gasteiger partial charge in [-0.3, -0.25) is 4.79 Å². The first-order valence-electron chi connectivity index (χ1n) is 5.79. The molecule has 0 spiro atoms. The van der Waals surface area contributed by atoms with E-state index >= 15 is 0 Å². The normalized spacial score (nSPS) is 14.1. The summed E-state index contributed by atoms with van der Waals surface area (Å²) in [4.78, 5) is 11.7. The second-order valence-corrected chi connectivity index (χ2v) is 5.04. The highest BCUT2D eigenvalue weighted by molar-refractivity contribution is 5.85. The molecular formula is C13H17F3N2O. The van der Waals surface area contributed by atoms with Gasteiger partial charge in [-0.05, 0) is 38.5 Å². The van der Waals surface area contributed by atoms with Crippen LogP contribution in [0.4, 0.5) is 13.2 Å². The number of hydrogen-bond donors (Lipinski definition) is 2. The largest absolute Gasteiger partial charge is 0.416 e. The predicted octanol–water partition coefficient (Wildman–Crippen LogP) is 2.62. The first-order chi connectivity index (χ1) is 8.51. The smallest absolute Gasteiger partial charge is 0.348 e. The molecule has 0 aromatic heterocycles. The maximum Gasteiger partial charge on any atom is 0.416 e. The Hall–Kier alpha value is -1.56. The van der Waals surface area contributed by atoms with Crippen LogP contribution >= 0.6 is 0 Å². The van der Waals surface area contributed by atoms with Gasteiger partial charge in [0.25, 0.3) is 0 Å². The Balaban J connectivity index is 2.79. The van der Waals surface area contributed by atoms with Crippen molar-refractivity contribution in [2.75, 3.05) is 0 Å². The quantitative estimate of drug-likeness (QED) is 0.890. The maximum absolute atomic E-state index is 12.4. The summed E-state index contributed by atoms with van der Waals surface area (Å²) in [6.07, 6.45) is -4.36. The van der Waals surface area contributed by atoms with Crippen LogP contribution in [0.2, 0.25) is 0 Å². The highest BCUT2D eigenvalue weighted by Gasteiger charge is 2.30. The Morgan fingerprint density at radius 2 is 1.68 bits per heavy atom. The van der Waals surface area contributed by atoms with Gasteiger partial charge in [-0.2, -0.15) is 13.2 Å². The van der Waals surface area contributed by atoms with Crippen molar-refractivity contribution in [2.45, 2.75) is 38.5 Å². The zero-order valence-corrected chi connectivity index (χ0v) is 11.0. The first-order valence-corrected chi connectivity index (χ1v) is 5.79. The van der Waals surface area contributed by atoms with Gasteiger partial charge in [0.05, 0.1) is 17.1 Å². The fourth-order valence-electron chi connectivity index (χ4n) is 1.43. The summed E-state index contributed by atoms with van der Waals surface area (Å²) in [6, 6.07) is 4.27. The van der Waals surface area contributed by atoms with E-state index in [1.165, 1.54) is 12.1 Å². The molecule has 1 aromatic rings. The molecule has 19 heavy (non-hydrogen) atoms. The Morgan fingerprint density at radius 3 is 2.05 bits per heavy atom. The van der Waals surface area contributed by atoms with Gasteiger partial charge in [0, 0.05) is 0 Å². The van der Waals surface area contributed by atoms with Gasteiger partial charge >= 0.3 is 6.18 Å². The SMILES string of the molecule is CC(NC(=O)C(C)(C)N)c1ccc(C(F)(F)F)cc1. The van der Waals surface area contributed by atoms with Crippen LogP contribution < -0.4 is 11.1 Å². The second kappa shape index (κ2) is 5.21. The van der Waals surface area contributed by atoms with E-state index in [4.69, 9.17) is 5.73 Å². The Labute approximate surface area is 110 Å². The third-order valence-electron chi connectivity index (χ3n) is 2.67. The molecule has 0 fully saturated rings. The second-order valence-electron chi connectivity index (χ2n) is 5.04. The number of benzene rings is 1. The Bertz CT molecular complexity index is 446. The van der Waals surface area contributed by atoms with Crippen molar-refractivity contribution in [1.82, 2.24) is 5.32 Å². The minimum absolute atomic E-state index is 0.361. The molecule has 6 heteroatoms. The summed E-state index contributed by atoms with van der Waals surface area (Å²) in [5.74, 6) is -0.361. The fourth-order valence-corrected chi connectivity index (χ4v) is 1.43. The molecule has 0 aliphatic rings. The molecule has 0 radical (unpaired) electrons. The van der Waals surface area contributed by atoms with Gasteiger partial charge in [-0.1, -0.05) is 12.1 Å². The third-order valence-corrected chi connectivity index (χ3v) is 2.67. The van der Waals surface area contributed by atoms with Crippen LogP contribution in [0, 0.1) is 0 Å². The van der Waals surface area contributed by atoms with E-state index in [1.807, 2.05) is 0 Å². The number of amides is 1. The number of alkyl halides is 3. The minimum Gasteiger partial charge on any atom is -0.348 e. The Kier molecular flexibility index (Phi) is 4.25. The lowest BCUT2D eigenvalue weighted by molar-refractivity contribution is -0.137. The maximum atomic E-state index is 12.4. The van der Waals surface area contributed by atoms with Crippen LogP contribution in [0.1, 0.15) is 37.9 Å². The first kappa shape index (κ1) is 15.5.